The minimum atomic E-state index is -0.590. The third kappa shape index (κ3) is 2.52. The molecule has 4 heteroatoms. The van der Waals surface area contributed by atoms with Crippen LogP contribution in [0.3, 0.4) is 0 Å². The summed E-state index contributed by atoms with van der Waals surface area (Å²) in [6.45, 7) is 0.390. The third-order valence-electron chi connectivity index (χ3n) is 3.82. The van der Waals surface area contributed by atoms with Gasteiger partial charge in [0.15, 0.2) is 0 Å². The molecule has 1 heterocycles. The second-order valence-electron chi connectivity index (χ2n) is 5.20. The number of carbonyl (C=O) groups is 2. The summed E-state index contributed by atoms with van der Waals surface area (Å²) in [4.78, 5) is 26.0. The molecule has 2 N–H and O–H groups in total. The van der Waals surface area contributed by atoms with Gasteiger partial charge in [0.2, 0.25) is 5.91 Å². The van der Waals surface area contributed by atoms with Crippen molar-refractivity contribution in [3.05, 3.63) is 71.3 Å². The van der Waals surface area contributed by atoms with Crippen LogP contribution in [-0.2, 0) is 17.8 Å². The zero-order chi connectivity index (χ0) is 14.8. The quantitative estimate of drug-likeness (QED) is 0.930. The minimum Gasteiger partial charge on any atom is -0.368 e. The summed E-state index contributed by atoms with van der Waals surface area (Å²) >= 11 is 0. The van der Waals surface area contributed by atoms with E-state index in [2.05, 4.69) is 0 Å². The van der Waals surface area contributed by atoms with Crippen LogP contribution in [0.15, 0.2) is 54.6 Å². The van der Waals surface area contributed by atoms with Gasteiger partial charge in [-0.3, -0.25) is 9.59 Å². The second kappa shape index (κ2) is 5.40. The van der Waals surface area contributed by atoms with Crippen LogP contribution in [0.2, 0.25) is 0 Å². The molecule has 0 saturated carbocycles. The zero-order valence-corrected chi connectivity index (χ0v) is 11.5. The molecule has 4 nitrogen and oxygen atoms in total. The summed E-state index contributed by atoms with van der Waals surface area (Å²) in [7, 11) is 0. The zero-order valence-electron chi connectivity index (χ0n) is 11.5. The van der Waals surface area contributed by atoms with Crippen molar-refractivity contribution in [2.75, 3.05) is 0 Å². The van der Waals surface area contributed by atoms with Crippen LogP contribution in [0.5, 0.6) is 0 Å². The fraction of sp³-hybridized carbons (Fsp3) is 0.176. The van der Waals surface area contributed by atoms with E-state index in [0.29, 0.717) is 18.5 Å². The molecule has 0 aromatic heterocycles. The Balaban J connectivity index is 1.97. The summed E-state index contributed by atoms with van der Waals surface area (Å²) in [5.41, 5.74) is 8.02. The van der Waals surface area contributed by atoms with E-state index in [0.717, 1.165) is 11.1 Å². The topological polar surface area (TPSA) is 63.4 Å². The summed E-state index contributed by atoms with van der Waals surface area (Å²) in [6, 6.07) is 16.4. The van der Waals surface area contributed by atoms with E-state index in [1.54, 1.807) is 11.0 Å². The second-order valence-corrected chi connectivity index (χ2v) is 5.20. The lowest BCUT2D eigenvalue weighted by Crippen LogP contribution is -2.51. The van der Waals surface area contributed by atoms with Gasteiger partial charge >= 0.3 is 0 Å². The van der Waals surface area contributed by atoms with Crippen molar-refractivity contribution < 1.29 is 9.59 Å². The highest BCUT2D eigenvalue weighted by atomic mass is 16.2. The monoisotopic (exact) mass is 280 g/mol. The Morgan fingerprint density at radius 1 is 1.10 bits per heavy atom. The van der Waals surface area contributed by atoms with E-state index in [-0.39, 0.29) is 5.91 Å². The molecule has 1 atom stereocenters. The first-order valence-corrected chi connectivity index (χ1v) is 6.89. The van der Waals surface area contributed by atoms with Gasteiger partial charge in [-0.25, -0.2) is 0 Å². The van der Waals surface area contributed by atoms with E-state index in [1.807, 2.05) is 48.5 Å². The Labute approximate surface area is 123 Å². The summed E-state index contributed by atoms with van der Waals surface area (Å²) in [6.07, 6.45) is 0.476. The number of rotatable bonds is 3. The number of carbonyl (C=O) groups excluding carboxylic acids is 2. The summed E-state index contributed by atoms with van der Waals surface area (Å²) in [5.74, 6) is -0.599. The van der Waals surface area contributed by atoms with Crippen molar-refractivity contribution in [3.8, 4) is 0 Å². The molecule has 2 aromatic carbocycles. The SMILES string of the molecule is NC(=O)C1Cc2ccccc2C(=O)N1Cc1ccccc1. The molecule has 106 valence electrons. The lowest BCUT2D eigenvalue weighted by Gasteiger charge is -2.34. The van der Waals surface area contributed by atoms with E-state index in [1.165, 1.54) is 0 Å². The maximum Gasteiger partial charge on any atom is 0.255 e. The molecule has 0 aliphatic carbocycles. The molecule has 0 fully saturated rings. The molecular formula is C17H16N2O2. The highest BCUT2D eigenvalue weighted by Gasteiger charge is 2.35. The molecule has 2 amide bonds. The first-order chi connectivity index (χ1) is 10.2. The number of nitrogens with two attached hydrogens (primary N) is 1. The number of hydrogen-bond acceptors (Lipinski definition) is 2. The molecule has 0 bridgehead atoms. The molecule has 0 radical (unpaired) electrons. The number of primary amides is 1. The Bertz CT molecular complexity index is 682. The van der Waals surface area contributed by atoms with Crippen LogP contribution in [0.25, 0.3) is 0 Å². The van der Waals surface area contributed by atoms with Crippen LogP contribution >= 0.6 is 0 Å². The van der Waals surface area contributed by atoms with Crippen molar-refractivity contribution in [2.24, 2.45) is 5.73 Å². The highest BCUT2D eigenvalue weighted by molar-refractivity contribution is 6.00. The van der Waals surface area contributed by atoms with E-state index < -0.39 is 11.9 Å². The van der Waals surface area contributed by atoms with Gasteiger partial charge in [0, 0.05) is 18.5 Å². The minimum absolute atomic E-state index is 0.135. The first-order valence-electron chi connectivity index (χ1n) is 6.89. The number of benzene rings is 2. The Kier molecular flexibility index (Phi) is 3.44. The lowest BCUT2D eigenvalue weighted by atomic mass is 9.92. The van der Waals surface area contributed by atoms with Gasteiger partial charge in [-0.2, -0.15) is 0 Å². The van der Waals surface area contributed by atoms with Crippen molar-refractivity contribution in [3.63, 3.8) is 0 Å². The molecule has 0 saturated heterocycles. The van der Waals surface area contributed by atoms with Crippen LogP contribution in [0.1, 0.15) is 21.5 Å². The molecular weight excluding hydrogens is 264 g/mol. The fourth-order valence-corrected chi connectivity index (χ4v) is 2.74. The largest absolute Gasteiger partial charge is 0.368 e. The average molecular weight is 280 g/mol. The molecule has 0 spiro atoms. The van der Waals surface area contributed by atoms with Gasteiger partial charge < -0.3 is 10.6 Å². The van der Waals surface area contributed by atoms with Crippen molar-refractivity contribution in [1.82, 2.24) is 4.90 Å². The van der Waals surface area contributed by atoms with Gasteiger partial charge in [-0.1, -0.05) is 48.5 Å². The Morgan fingerprint density at radius 2 is 1.76 bits per heavy atom. The van der Waals surface area contributed by atoms with Crippen LogP contribution in [0.4, 0.5) is 0 Å². The highest BCUT2D eigenvalue weighted by Crippen LogP contribution is 2.24. The molecule has 21 heavy (non-hydrogen) atoms. The first kappa shape index (κ1) is 13.4. The van der Waals surface area contributed by atoms with Crippen LogP contribution in [-0.4, -0.2) is 22.8 Å². The van der Waals surface area contributed by atoms with Gasteiger partial charge in [-0.05, 0) is 17.2 Å². The fourth-order valence-electron chi connectivity index (χ4n) is 2.74. The standard InChI is InChI=1S/C17H16N2O2/c18-16(20)15-10-13-8-4-5-9-14(13)17(21)19(15)11-12-6-2-1-3-7-12/h1-9,15H,10-11H2,(H2,18,20). The third-order valence-corrected chi connectivity index (χ3v) is 3.82. The van der Waals surface area contributed by atoms with Crippen LogP contribution < -0.4 is 5.73 Å². The Hall–Kier alpha value is -2.62. The molecule has 1 aliphatic heterocycles. The predicted molar refractivity (Wildman–Crippen MR) is 79.4 cm³/mol. The van der Waals surface area contributed by atoms with Crippen molar-refractivity contribution >= 4 is 11.8 Å². The summed E-state index contributed by atoms with van der Waals surface area (Å²) in [5, 5.41) is 0. The van der Waals surface area contributed by atoms with Crippen LogP contribution in [0, 0.1) is 0 Å². The maximum atomic E-state index is 12.7. The van der Waals surface area contributed by atoms with Crippen molar-refractivity contribution in [1.29, 1.82) is 0 Å². The number of nitrogens with zero attached hydrogens (tertiary/aromatic N) is 1. The number of amides is 2. The lowest BCUT2D eigenvalue weighted by molar-refractivity contribution is -0.122. The van der Waals surface area contributed by atoms with Crippen molar-refractivity contribution in [2.45, 2.75) is 19.0 Å². The molecule has 3 rings (SSSR count). The number of hydrogen-bond donors (Lipinski definition) is 1. The molecule has 1 unspecified atom stereocenters. The van der Waals surface area contributed by atoms with Gasteiger partial charge in [0.25, 0.3) is 5.91 Å². The van der Waals surface area contributed by atoms with Gasteiger partial charge in [0.05, 0.1) is 0 Å². The van der Waals surface area contributed by atoms with E-state index >= 15 is 0 Å². The normalized spacial score (nSPS) is 17.4. The maximum absolute atomic E-state index is 12.7. The molecule has 1 aliphatic rings. The number of fused-ring (bicyclic) bond motifs is 1. The van der Waals surface area contributed by atoms with Gasteiger partial charge in [-0.15, -0.1) is 0 Å². The average Bonchev–Trinajstić information content (AvgIpc) is 2.51. The van der Waals surface area contributed by atoms with E-state index in [4.69, 9.17) is 5.73 Å². The smallest absolute Gasteiger partial charge is 0.255 e. The van der Waals surface area contributed by atoms with Gasteiger partial charge in [0.1, 0.15) is 6.04 Å². The predicted octanol–water partition coefficient (Wildman–Crippen LogP) is 1.74. The molecule has 2 aromatic rings. The Morgan fingerprint density at radius 3 is 2.48 bits per heavy atom. The van der Waals surface area contributed by atoms with E-state index in [9.17, 15) is 9.59 Å². The summed E-state index contributed by atoms with van der Waals surface area (Å²) < 4.78 is 0.